The van der Waals surface area contributed by atoms with Crippen molar-refractivity contribution in [3.63, 3.8) is 0 Å². The third kappa shape index (κ3) is 3.01. The number of halogens is 1. The smallest absolute Gasteiger partial charge is 0.251 e. The minimum Gasteiger partial charge on any atom is -0.352 e. The second-order valence-electron chi connectivity index (χ2n) is 4.81. The number of hydrogen-bond acceptors (Lipinski definition) is 1. The van der Waals surface area contributed by atoms with E-state index in [0.717, 1.165) is 18.4 Å². The summed E-state index contributed by atoms with van der Waals surface area (Å²) in [6, 6.07) is 6.04. The Morgan fingerprint density at radius 2 is 2.18 bits per heavy atom. The van der Waals surface area contributed by atoms with Crippen LogP contribution in [-0.4, -0.2) is 18.3 Å². The van der Waals surface area contributed by atoms with Crippen molar-refractivity contribution >= 4 is 17.5 Å². The number of alkyl halides is 1. The Morgan fingerprint density at radius 1 is 1.41 bits per heavy atom. The van der Waals surface area contributed by atoms with Crippen molar-refractivity contribution in [3.8, 4) is 0 Å². The van der Waals surface area contributed by atoms with Crippen LogP contribution in [0.5, 0.6) is 0 Å². The van der Waals surface area contributed by atoms with Gasteiger partial charge in [-0.15, -0.1) is 11.6 Å². The molecule has 0 radical (unpaired) electrons. The molecule has 0 heterocycles. The Hall–Kier alpha value is -1.02. The van der Waals surface area contributed by atoms with Gasteiger partial charge in [0, 0.05) is 18.0 Å². The van der Waals surface area contributed by atoms with Crippen LogP contribution in [0.1, 0.15) is 34.8 Å². The lowest BCUT2D eigenvalue weighted by Crippen LogP contribution is -2.28. The summed E-state index contributed by atoms with van der Waals surface area (Å²) in [7, 11) is 0. The van der Waals surface area contributed by atoms with Gasteiger partial charge in [0.15, 0.2) is 0 Å². The first-order valence-corrected chi connectivity index (χ1v) is 6.70. The fraction of sp³-hybridized carbons (Fsp3) is 0.500. The number of fused-ring (bicyclic) bond motifs is 1. The maximum absolute atomic E-state index is 11.9. The average Bonchev–Trinajstić information content (AvgIpc) is 2.82. The largest absolute Gasteiger partial charge is 0.352 e. The van der Waals surface area contributed by atoms with E-state index >= 15 is 0 Å². The SMILES string of the molecule is CC(CCl)CNC(=O)c1ccc2c(c1)CCC2. The van der Waals surface area contributed by atoms with Gasteiger partial charge in [-0.2, -0.15) is 0 Å². The van der Waals surface area contributed by atoms with E-state index in [1.54, 1.807) is 0 Å². The van der Waals surface area contributed by atoms with Crippen LogP contribution in [0.2, 0.25) is 0 Å². The van der Waals surface area contributed by atoms with E-state index in [9.17, 15) is 4.79 Å². The van der Waals surface area contributed by atoms with Crippen LogP contribution in [0.25, 0.3) is 0 Å². The van der Waals surface area contributed by atoms with E-state index in [1.807, 2.05) is 19.1 Å². The predicted molar refractivity (Wildman–Crippen MR) is 70.7 cm³/mol. The number of benzene rings is 1. The van der Waals surface area contributed by atoms with Gasteiger partial charge in [-0.25, -0.2) is 0 Å². The summed E-state index contributed by atoms with van der Waals surface area (Å²) in [4.78, 5) is 11.9. The normalized spacial score (nSPS) is 15.4. The minimum atomic E-state index is 0.0108. The van der Waals surface area contributed by atoms with Gasteiger partial charge in [0.25, 0.3) is 5.91 Å². The number of rotatable bonds is 4. The molecule has 1 unspecified atom stereocenters. The molecule has 1 N–H and O–H groups in total. The summed E-state index contributed by atoms with van der Waals surface area (Å²) < 4.78 is 0. The summed E-state index contributed by atoms with van der Waals surface area (Å²) in [5.41, 5.74) is 3.51. The number of carbonyl (C=O) groups is 1. The van der Waals surface area contributed by atoms with Crippen molar-refractivity contribution in [3.05, 3.63) is 34.9 Å². The van der Waals surface area contributed by atoms with Gasteiger partial charge in [-0.1, -0.05) is 13.0 Å². The lowest BCUT2D eigenvalue weighted by atomic mass is 10.1. The van der Waals surface area contributed by atoms with Crippen molar-refractivity contribution in [1.29, 1.82) is 0 Å². The average molecular weight is 252 g/mol. The first-order valence-electron chi connectivity index (χ1n) is 6.16. The number of amides is 1. The highest BCUT2D eigenvalue weighted by Crippen LogP contribution is 2.22. The fourth-order valence-corrected chi connectivity index (χ4v) is 2.25. The van der Waals surface area contributed by atoms with Crippen molar-refractivity contribution in [2.75, 3.05) is 12.4 Å². The molecule has 0 fully saturated rings. The molecule has 0 aromatic heterocycles. The molecule has 2 nitrogen and oxygen atoms in total. The Labute approximate surface area is 107 Å². The second-order valence-corrected chi connectivity index (χ2v) is 5.12. The highest BCUT2D eigenvalue weighted by Gasteiger charge is 2.14. The summed E-state index contributed by atoms with van der Waals surface area (Å²) in [5.74, 6) is 0.900. The van der Waals surface area contributed by atoms with Crippen molar-refractivity contribution in [2.45, 2.75) is 26.2 Å². The van der Waals surface area contributed by atoms with Crippen LogP contribution in [-0.2, 0) is 12.8 Å². The number of nitrogens with one attached hydrogen (secondary N) is 1. The zero-order valence-electron chi connectivity index (χ0n) is 10.1. The maximum atomic E-state index is 11.9. The molecule has 0 saturated carbocycles. The summed E-state index contributed by atoms with van der Waals surface area (Å²) in [6.45, 7) is 2.66. The van der Waals surface area contributed by atoms with Gasteiger partial charge >= 0.3 is 0 Å². The van der Waals surface area contributed by atoms with Gasteiger partial charge in [0.1, 0.15) is 0 Å². The monoisotopic (exact) mass is 251 g/mol. The van der Waals surface area contributed by atoms with Gasteiger partial charge in [0.05, 0.1) is 0 Å². The van der Waals surface area contributed by atoms with E-state index in [1.165, 1.54) is 17.5 Å². The maximum Gasteiger partial charge on any atom is 0.251 e. The van der Waals surface area contributed by atoms with E-state index in [-0.39, 0.29) is 5.91 Å². The fourth-order valence-electron chi connectivity index (χ4n) is 2.14. The molecule has 1 aromatic rings. The Kier molecular flexibility index (Phi) is 4.06. The number of carbonyl (C=O) groups excluding carboxylic acids is 1. The van der Waals surface area contributed by atoms with Crippen LogP contribution in [0.4, 0.5) is 0 Å². The Morgan fingerprint density at radius 3 is 2.94 bits per heavy atom. The zero-order chi connectivity index (χ0) is 12.3. The van der Waals surface area contributed by atoms with Gasteiger partial charge in [-0.05, 0) is 48.4 Å². The van der Waals surface area contributed by atoms with Crippen molar-refractivity contribution in [1.82, 2.24) is 5.32 Å². The molecular weight excluding hydrogens is 234 g/mol. The first-order chi connectivity index (χ1) is 8.20. The second kappa shape index (κ2) is 5.54. The number of aryl methyl sites for hydroxylation is 2. The molecule has 3 heteroatoms. The molecule has 0 saturated heterocycles. The number of hydrogen-bond donors (Lipinski definition) is 1. The Balaban J connectivity index is 2.00. The molecule has 0 spiro atoms. The standard InChI is InChI=1S/C14H18ClNO/c1-10(8-15)9-16-14(17)13-6-5-11-3-2-4-12(11)7-13/h5-7,10H,2-4,8-9H2,1H3,(H,16,17). The van der Waals surface area contributed by atoms with E-state index in [4.69, 9.17) is 11.6 Å². The third-order valence-electron chi connectivity index (χ3n) is 3.24. The quantitative estimate of drug-likeness (QED) is 0.820. The van der Waals surface area contributed by atoms with E-state index < -0.39 is 0 Å². The lowest BCUT2D eigenvalue weighted by molar-refractivity contribution is 0.0949. The highest BCUT2D eigenvalue weighted by molar-refractivity contribution is 6.18. The molecule has 1 aliphatic rings. The van der Waals surface area contributed by atoms with Gasteiger partial charge in [0.2, 0.25) is 0 Å². The van der Waals surface area contributed by atoms with Crippen molar-refractivity contribution < 1.29 is 4.79 Å². The molecule has 0 bridgehead atoms. The molecule has 1 atom stereocenters. The lowest BCUT2D eigenvalue weighted by Gasteiger charge is -2.10. The minimum absolute atomic E-state index is 0.0108. The molecule has 2 rings (SSSR count). The molecular formula is C14H18ClNO. The first kappa shape index (κ1) is 12.4. The van der Waals surface area contributed by atoms with Crippen LogP contribution >= 0.6 is 11.6 Å². The third-order valence-corrected chi connectivity index (χ3v) is 3.76. The topological polar surface area (TPSA) is 29.1 Å². The van der Waals surface area contributed by atoms with Gasteiger partial charge in [-0.3, -0.25) is 4.79 Å². The summed E-state index contributed by atoms with van der Waals surface area (Å²) >= 11 is 5.71. The van der Waals surface area contributed by atoms with Crippen molar-refractivity contribution in [2.24, 2.45) is 5.92 Å². The van der Waals surface area contributed by atoms with Gasteiger partial charge < -0.3 is 5.32 Å². The molecule has 1 aromatic carbocycles. The molecule has 92 valence electrons. The highest BCUT2D eigenvalue weighted by atomic mass is 35.5. The molecule has 0 aliphatic heterocycles. The zero-order valence-corrected chi connectivity index (χ0v) is 10.9. The Bertz CT molecular complexity index is 417. The van der Waals surface area contributed by atoms with Crippen LogP contribution in [0.15, 0.2) is 18.2 Å². The summed E-state index contributed by atoms with van der Waals surface area (Å²) in [5, 5.41) is 2.92. The van der Waals surface area contributed by atoms with E-state index in [0.29, 0.717) is 18.3 Å². The van der Waals surface area contributed by atoms with Crippen LogP contribution in [0.3, 0.4) is 0 Å². The van der Waals surface area contributed by atoms with E-state index in [2.05, 4.69) is 11.4 Å². The predicted octanol–water partition coefficient (Wildman–Crippen LogP) is 2.78. The molecule has 1 aliphatic carbocycles. The van der Waals surface area contributed by atoms with Crippen LogP contribution in [0, 0.1) is 5.92 Å². The molecule has 17 heavy (non-hydrogen) atoms. The molecule has 1 amide bonds. The summed E-state index contributed by atoms with van der Waals surface area (Å²) in [6.07, 6.45) is 3.47. The van der Waals surface area contributed by atoms with Crippen LogP contribution < -0.4 is 5.32 Å².